The van der Waals surface area contributed by atoms with Gasteiger partial charge in [0.25, 0.3) is 0 Å². The predicted molar refractivity (Wildman–Crippen MR) is 535 cm³/mol. The summed E-state index contributed by atoms with van der Waals surface area (Å²) >= 11 is 41.6. The fourth-order valence-corrected chi connectivity index (χ4v) is 16.8. The maximum atomic E-state index is 13.8. The van der Waals surface area contributed by atoms with Crippen LogP contribution in [0, 0.1) is 61.5 Å². The average Bonchev–Trinajstić information content (AvgIpc) is 1.71. The Balaban J connectivity index is 0.000000180. The Bertz CT molecular complexity index is 6340. The fourth-order valence-electron chi connectivity index (χ4n) is 15.0. The zero-order valence-corrected chi connectivity index (χ0v) is 82.3. The lowest BCUT2D eigenvalue weighted by molar-refractivity contribution is 0.0964. The van der Waals surface area contributed by atoms with Crippen LogP contribution < -0.4 is 0 Å². The van der Waals surface area contributed by atoms with Gasteiger partial charge in [0.05, 0.1) is 39.9 Å². The van der Waals surface area contributed by atoms with Crippen molar-refractivity contribution in [2.45, 2.75) is 157 Å². The van der Waals surface area contributed by atoms with Gasteiger partial charge in [0.1, 0.15) is 40.7 Å². The van der Waals surface area contributed by atoms with Crippen LogP contribution in [0.15, 0.2) is 268 Å². The van der Waals surface area contributed by atoms with E-state index in [2.05, 4.69) is 9.97 Å². The van der Waals surface area contributed by atoms with Crippen molar-refractivity contribution in [3.05, 3.63) is 445 Å². The topological polar surface area (TPSA) is 176 Å². The number of carbonyl (C=O) groups excluding carboxylic acids is 7. The molecular formula is C109H105Cl7F7N7O7. The van der Waals surface area contributed by atoms with Crippen LogP contribution in [0.25, 0.3) is 0 Å². The third kappa shape index (κ3) is 31.5. The zero-order valence-electron chi connectivity index (χ0n) is 77.1. The summed E-state index contributed by atoms with van der Waals surface area (Å²) in [5.74, 6) is -2.60. The highest BCUT2D eigenvalue weighted by molar-refractivity contribution is 6.33. The first kappa shape index (κ1) is 109. The number of nitrogens with one attached hydrogen (secondary N) is 2. The lowest BCUT2D eigenvalue weighted by atomic mass is 10.0. The number of aromatic amines is 2. The molecule has 716 valence electrons. The van der Waals surface area contributed by atoms with Gasteiger partial charge in [-0.3, -0.25) is 33.6 Å². The van der Waals surface area contributed by atoms with Crippen LogP contribution in [-0.4, -0.2) is 73.3 Å². The number of hydrogen-bond acceptors (Lipinski definition) is 7. The Hall–Kier alpha value is -12.1. The molecule has 0 saturated heterocycles. The van der Waals surface area contributed by atoms with Crippen molar-refractivity contribution in [1.82, 2.24) is 32.8 Å². The van der Waals surface area contributed by atoms with Gasteiger partial charge in [-0.05, 0) is 267 Å². The minimum Gasteiger partial charge on any atom is -0.359 e. The van der Waals surface area contributed by atoms with Gasteiger partial charge in [-0.15, -0.1) is 0 Å². The van der Waals surface area contributed by atoms with Crippen LogP contribution in [0.3, 0.4) is 0 Å². The van der Waals surface area contributed by atoms with Crippen LogP contribution in [0.4, 0.5) is 30.7 Å². The summed E-state index contributed by atoms with van der Waals surface area (Å²) in [6.45, 7) is 14.4. The first-order chi connectivity index (χ1) is 65.4. The highest BCUT2D eigenvalue weighted by Gasteiger charge is 2.24. The number of rotatable bonds is 32. The molecular weight excluding hydrogens is 1900 g/mol. The van der Waals surface area contributed by atoms with Crippen LogP contribution in [0.1, 0.15) is 219 Å². The zero-order chi connectivity index (χ0) is 99.7. The molecule has 15 rings (SSSR count). The monoisotopic (exact) mass is 2000 g/mol. The summed E-state index contributed by atoms with van der Waals surface area (Å²) < 4.78 is 105. The number of aromatic nitrogens is 7. The van der Waals surface area contributed by atoms with Crippen LogP contribution >= 0.6 is 81.2 Å². The molecule has 0 aliphatic carbocycles. The van der Waals surface area contributed by atoms with E-state index < -0.39 is 0 Å². The first-order valence-electron chi connectivity index (χ1n) is 44.2. The smallest absolute Gasteiger partial charge is 0.179 e. The molecule has 28 heteroatoms. The number of Topliss-reactive ketones (excluding diaryl/α,β-unsaturated/α-hetero) is 7. The van der Waals surface area contributed by atoms with E-state index in [0.29, 0.717) is 165 Å². The molecule has 0 atom stereocenters. The van der Waals surface area contributed by atoms with E-state index in [0.717, 1.165) is 22.3 Å². The number of aryl methyl sites for hydroxylation is 5. The molecule has 0 saturated carbocycles. The summed E-state index contributed by atoms with van der Waals surface area (Å²) in [5, 5.41) is 2.58. The molecule has 7 aromatic heterocycles. The Morgan fingerprint density at radius 2 is 0.628 bits per heavy atom. The average molecular weight is 2010 g/mol. The predicted octanol–water partition coefficient (Wildman–Crippen LogP) is 29.9. The van der Waals surface area contributed by atoms with Crippen molar-refractivity contribution in [1.29, 1.82) is 0 Å². The number of hydrogen-bond donors (Lipinski definition) is 2. The Kier molecular flexibility index (Phi) is 42.5. The molecule has 0 aliphatic rings. The highest BCUT2D eigenvalue weighted by atomic mass is 35.5. The van der Waals surface area contributed by atoms with Gasteiger partial charge in [-0.2, -0.15) is 0 Å². The van der Waals surface area contributed by atoms with Crippen molar-refractivity contribution in [3.8, 4) is 0 Å². The lowest BCUT2D eigenvalue weighted by Gasteiger charge is -2.13. The lowest BCUT2D eigenvalue weighted by Crippen LogP contribution is -2.12. The highest BCUT2D eigenvalue weighted by Crippen LogP contribution is 2.31. The summed E-state index contributed by atoms with van der Waals surface area (Å²) in [6.07, 6.45) is 16.6. The first-order valence-corrected chi connectivity index (χ1v) is 46.9. The molecule has 8 aromatic carbocycles. The summed E-state index contributed by atoms with van der Waals surface area (Å²) in [7, 11) is 3.64. The number of benzene rings is 8. The van der Waals surface area contributed by atoms with E-state index in [1.165, 1.54) is 42.5 Å². The number of H-pyrrole nitrogens is 2. The van der Waals surface area contributed by atoms with Crippen LogP contribution in [-0.2, 0) is 65.6 Å². The maximum absolute atomic E-state index is 13.8. The van der Waals surface area contributed by atoms with Gasteiger partial charge in [0.2, 0.25) is 0 Å². The van der Waals surface area contributed by atoms with Crippen molar-refractivity contribution in [2.24, 2.45) is 14.1 Å². The van der Waals surface area contributed by atoms with E-state index in [-0.39, 0.29) is 138 Å². The van der Waals surface area contributed by atoms with Gasteiger partial charge < -0.3 is 32.8 Å². The maximum Gasteiger partial charge on any atom is 0.179 e. The van der Waals surface area contributed by atoms with Gasteiger partial charge in [0.15, 0.2) is 40.5 Å². The Morgan fingerprint density at radius 3 is 0.985 bits per heavy atom. The molecule has 7 heterocycles. The molecule has 15 aromatic rings. The second-order valence-electron chi connectivity index (χ2n) is 32.7. The van der Waals surface area contributed by atoms with Crippen molar-refractivity contribution >= 4 is 122 Å². The molecule has 0 bridgehead atoms. The normalized spacial score (nSPS) is 10.8. The Labute approximate surface area is 828 Å². The largest absolute Gasteiger partial charge is 0.359 e. The molecule has 0 amide bonds. The van der Waals surface area contributed by atoms with E-state index in [4.69, 9.17) is 81.2 Å². The minimum atomic E-state index is -0.366. The number of carbonyl (C=O) groups is 7. The molecule has 137 heavy (non-hydrogen) atoms. The molecule has 0 spiro atoms. The van der Waals surface area contributed by atoms with E-state index in [9.17, 15) is 64.3 Å². The number of ketones is 7. The number of nitrogens with zero attached hydrogens (tertiary/aromatic N) is 5. The van der Waals surface area contributed by atoms with Crippen LogP contribution in [0.2, 0.25) is 35.2 Å². The molecule has 0 fully saturated rings. The van der Waals surface area contributed by atoms with E-state index in [1.54, 1.807) is 137 Å². The van der Waals surface area contributed by atoms with Gasteiger partial charge in [-0.25, -0.2) is 30.7 Å². The van der Waals surface area contributed by atoms with E-state index >= 15 is 0 Å². The summed E-state index contributed by atoms with van der Waals surface area (Å²) in [6, 6.07) is 62.2. The molecule has 14 nitrogen and oxygen atoms in total. The minimum absolute atomic E-state index is 0.00280. The van der Waals surface area contributed by atoms with Crippen molar-refractivity contribution in [3.63, 3.8) is 0 Å². The molecule has 0 unspecified atom stereocenters. The molecule has 0 radical (unpaired) electrons. The summed E-state index contributed by atoms with van der Waals surface area (Å²) in [4.78, 5) is 90.7. The molecule has 0 aliphatic heterocycles. The SMILES string of the molecule is CC(C)n1cccc1C(=O)CCc1c(F)cccc1Cl.Cc1cc[nH]c1C(=O)CCc1c(F)cccc1Cl.Cc1ccn(C(C)C)c1C(=O)CCc1c(F)cccc1Cl.Cc1ccn(C)c1C(=O)CCc1c(F)cccc1Cl.Cn1cccc1C(=O)CCc1c(F)cccc1Cl.O=C(CCc1c(F)cccc1Cl)c1ccc[nH]1.O=C(CCc1c(F)cccc1Cl)c1cccn1Cc1ccccc1. The van der Waals surface area contributed by atoms with Crippen LogP contribution in [0.5, 0.6) is 0 Å². The molecule has 2 N–H and O–H groups in total. The van der Waals surface area contributed by atoms with Gasteiger partial charge in [0, 0.05) is 195 Å². The summed E-state index contributed by atoms with van der Waals surface area (Å²) in [5.41, 5.74) is 11.2. The van der Waals surface area contributed by atoms with E-state index in [1.807, 2.05) is 174 Å². The van der Waals surface area contributed by atoms with Gasteiger partial charge in [-0.1, -0.05) is 154 Å². The van der Waals surface area contributed by atoms with Crippen molar-refractivity contribution < 1.29 is 64.3 Å². The standard InChI is InChI=1S/C20H17ClFNO.C17H19ClFNO.C16H17ClFNO.C15H15ClFNO.2C14H13ClFNO.C13H11ClFNO/c21-17-8-4-9-18(22)16(17)11-12-20(24)19-10-5-13-23(19)14-15-6-2-1-3-7-15;1-11(2)20-10-9-12(3)17(20)16(21)8-7-13-14(18)5-4-6-15(13)19;1-11(2)19-10-4-7-15(19)16(20)9-8-12-13(17)5-3-6-14(12)18;1-10-8-9-18(2)15(10)14(19)7-6-11-12(16)4-3-5-13(11)17;1-17-9-3-6-13(17)14(18)8-7-10-11(15)4-2-5-12(10)16;1-9-7-8-17-14(9)13(18)6-5-10-11(15)3-2-4-12(10)16;14-10-3-1-4-11(15)9(10)6-7-13(17)12-5-2-8-16-12/h1-10,13H,11-12,14H2;4-6,9-11H,7-8H2,1-3H3;3-7,10-11H,8-9H2,1-2H3;3-5,8-9H,6-7H2,1-2H3;2-6,9H,7-8H2,1H3;2-4,7-8,17H,5-6H2,1H3;1-5,8,16H,6-7H2. The fraction of sp³-hybridized carbons (Fsp3) is 0.239. The second kappa shape index (κ2) is 53.6. The third-order valence-corrected chi connectivity index (χ3v) is 24.9. The second-order valence-corrected chi connectivity index (χ2v) is 35.5. The third-order valence-electron chi connectivity index (χ3n) is 22.4. The van der Waals surface area contributed by atoms with Gasteiger partial charge >= 0.3 is 0 Å². The quantitative estimate of drug-likeness (QED) is 0.0311. The number of halogens is 14. The Morgan fingerprint density at radius 1 is 0.285 bits per heavy atom. The van der Waals surface area contributed by atoms with Crippen molar-refractivity contribution in [2.75, 3.05) is 0 Å².